The van der Waals surface area contributed by atoms with Gasteiger partial charge in [-0.05, 0) is 5.11 Å². The second-order valence-corrected chi connectivity index (χ2v) is 2.64. The fraction of sp³-hybridized carbons (Fsp3) is 1.00. The molecule has 0 aromatic rings. The predicted molar refractivity (Wildman–Crippen MR) is 31.7 cm³/mol. The third-order valence-corrected chi connectivity index (χ3v) is 0.756. The van der Waals surface area contributed by atoms with Crippen molar-refractivity contribution in [1.82, 2.24) is 0 Å². The van der Waals surface area contributed by atoms with Crippen molar-refractivity contribution in [2.24, 2.45) is 5.11 Å². The van der Waals surface area contributed by atoms with Gasteiger partial charge in [-0.1, -0.05) is 4.86 Å². The van der Waals surface area contributed by atoms with E-state index in [1.807, 2.05) is 20.8 Å². The average Bonchev–Trinajstić information content (AvgIpc) is 1.62. The van der Waals surface area contributed by atoms with E-state index in [1.165, 1.54) is 7.05 Å². The smallest absolute Gasteiger partial charge is 0.190 e. The van der Waals surface area contributed by atoms with Gasteiger partial charge in [-0.25, -0.2) is 0 Å². The van der Waals surface area contributed by atoms with Crippen LogP contribution < -0.4 is 0 Å². The number of nitrogens with zero attached hydrogens (tertiary/aromatic N) is 2. The van der Waals surface area contributed by atoms with Crippen LogP contribution in [0.3, 0.4) is 0 Å². The first-order valence-corrected chi connectivity index (χ1v) is 2.55. The minimum atomic E-state index is -0.380. The number of azo groups is 1. The highest BCUT2D eigenvalue weighted by molar-refractivity contribution is 4.54. The van der Waals surface area contributed by atoms with Gasteiger partial charge in [-0.15, -0.1) is 0 Å². The lowest BCUT2D eigenvalue weighted by molar-refractivity contribution is -0.598. The Bertz CT molecular complexity index is 101. The Kier molecular flexibility index (Phi) is 1.95. The van der Waals surface area contributed by atoms with Gasteiger partial charge in [0.05, 0.1) is 7.05 Å². The van der Waals surface area contributed by atoms with Crippen LogP contribution in [0.2, 0.25) is 0 Å². The average molecular weight is 116 g/mol. The number of hydrogen-bond donors (Lipinski definition) is 0. The molecule has 0 fully saturated rings. The van der Waals surface area contributed by atoms with Crippen molar-refractivity contribution in [3.05, 3.63) is 5.21 Å². The highest BCUT2D eigenvalue weighted by atomic mass is 16.5. The molecule has 0 unspecified atom stereocenters. The topological polar surface area (TPSA) is 38.4 Å². The fourth-order valence-corrected chi connectivity index (χ4v) is 0.300. The molecule has 0 heterocycles. The number of hydrogen-bond acceptors (Lipinski definition) is 2. The highest BCUT2D eigenvalue weighted by Gasteiger charge is 2.18. The van der Waals surface area contributed by atoms with Gasteiger partial charge in [0.1, 0.15) is 0 Å². The van der Waals surface area contributed by atoms with E-state index in [4.69, 9.17) is 0 Å². The van der Waals surface area contributed by atoms with Gasteiger partial charge in [0.25, 0.3) is 0 Å². The van der Waals surface area contributed by atoms with Crippen molar-refractivity contribution in [3.8, 4) is 0 Å². The molecule has 3 nitrogen and oxygen atoms in total. The standard InChI is InChI=1S/C5H12N2O/c1-5(2,3)7(8)6-4/h1-4H3. The fourth-order valence-electron chi connectivity index (χ4n) is 0.300. The maximum atomic E-state index is 10.6. The maximum Gasteiger partial charge on any atom is 0.190 e. The van der Waals surface area contributed by atoms with Crippen LogP contribution in [-0.2, 0) is 0 Å². The summed E-state index contributed by atoms with van der Waals surface area (Å²) < 4.78 is 0. The van der Waals surface area contributed by atoms with Gasteiger partial charge in [0, 0.05) is 20.8 Å². The Balaban J connectivity index is 4.03. The molecule has 0 N–H and O–H groups in total. The lowest BCUT2D eigenvalue weighted by Gasteiger charge is -2.13. The van der Waals surface area contributed by atoms with Gasteiger partial charge in [-0.2, -0.15) is 0 Å². The molecule has 48 valence electrons. The molecule has 0 bridgehead atoms. The van der Waals surface area contributed by atoms with E-state index < -0.39 is 0 Å². The molecule has 0 aliphatic carbocycles. The molecule has 0 aliphatic heterocycles. The van der Waals surface area contributed by atoms with Crippen LogP contribution in [0.25, 0.3) is 0 Å². The summed E-state index contributed by atoms with van der Waals surface area (Å²) in [5.74, 6) is 0. The molecule has 0 saturated heterocycles. The molecular weight excluding hydrogens is 104 g/mol. The quantitative estimate of drug-likeness (QED) is 0.267. The molecule has 0 radical (unpaired) electrons. The summed E-state index contributed by atoms with van der Waals surface area (Å²) >= 11 is 0. The molecule has 3 heteroatoms. The second-order valence-electron chi connectivity index (χ2n) is 2.64. The lowest BCUT2D eigenvalue weighted by atomic mass is 10.1. The van der Waals surface area contributed by atoms with Crippen LogP contribution in [0.15, 0.2) is 5.11 Å². The van der Waals surface area contributed by atoms with E-state index in [-0.39, 0.29) is 5.54 Å². The zero-order valence-electron chi connectivity index (χ0n) is 5.80. The van der Waals surface area contributed by atoms with E-state index in [9.17, 15) is 5.21 Å². The van der Waals surface area contributed by atoms with Crippen molar-refractivity contribution >= 4 is 0 Å². The molecule has 0 rings (SSSR count). The lowest BCUT2D eigenvalue weighted by Crippen LogP contribution is -2.26. The monoisotopic (exact) mass is 116 g/mol. The van der Waals surface area contributed by atoms with Crippen molar-refractivity contribution in [2.45, 2.75) is 26.3 Å². The van der Waals surface area contributed by atoms with Crippen LogP contribution in [0.1, 0.15) is 20.8 Å². The molecular formula is C5H12N2O. The SMILES string of the molecule is CN=[N+]([O-])C(C)(C)C. The van der Waals surface area contributed by atoms with Crippen LogP contribution in [0.4, 0.5) is 0 Å². The van der Waals surface area contributed by atoms with Crippen LogP contribution in [0.5, 0.6) is 0 Å². The first-order valence-electron chi connectivity index (χ1n) is 2.55. The van der Waals surface area contributed by atoms with E-state index in [0.717, 1.165) is 0 Å². The van der Waals surface area contributed by atoms with Crippen LogP contribution >= 0.6 is 0 Å². The highest BCUT2D eigenvalue weighted by Crippen LogP contribution is 2.04. The third-order valence-electron chi connectivity index (χ3n) is 0.756. The number of hydroxylamine groups is 1. The first-order chi connectivity index (χ1) is 3.48. The largest absolute Gasteiger partial charge is 0.600 e. The summed E-state index contributed by atoms with van der Waals surface area (Å²) in [4.78, 5) is 0.688. The first kappa shape index (κ1) is 7.40. The van der Waals surface area contributed by atoms with Gasteiger partial charge in [0.15, 0.2) is 5.54 Å². The Hall–Kier alpha value is -0.600. The van der Waals surface area contributed by atoms with Crippen molar-refractivity contribution in [1.29, 1.82) is 0 Å². The summed E-state index contributed by atoms with van der Waals surface area (Å²) in [6.45, 7) is 5.44. The van der Waals surface area contributed by atoms with E-state index >= 15 is 0 Å². The van der Waals surface area contributed by atoms with Crippen molar-refractivity contribution < 1.29 is 4.86 Å². The predicted octanol–water partition coefficient (Wildman–Crippen LogP) is 1.38. The Morgan fingerprint density at radius 2 is 1.75 bits per heavy atom. The molecule has 0 aromatic carbocycles. The summed E-state index contributed by atoms with van der Waals surface area (Å²) in [6.07, 6.45) is 0. The normalized spacial score (nSPS) is 14.2. The Labute approximate surface area is 49.6 Å². The molecule has 0 spiro atoms. The van der Waals surface area contributed by atoms with Gasteiger partial charge in [0.2, 0.25) is 0 Å². The summed E-state index contributed by atoms with van der Waals surface area (Å²) in [7, 11) is 1.48. The molecule has 8 heavy (non-hydrogen) atoms. The molecule has 0 amide bonds. The molecule has 0 atom stereocenters. The van der Waals surface area contributed by atoms with E-state index in [1.54, 1.807) is 0 Å². The maximum absolute atomic E-state index is 10.6. The summed E-state index contributed by atoms with van der Waals surface area (Å²) in [5, 5.41) is 14.0. The molecule has 0 aromatic heterocycles. The van der Waals surface area contributed by atoms with Gasteiger partial charge in [-0.3, -0.25) is 0 Å². The second kappa shape index (κ2) is 2.11. The van der Waals surface area contributed by atoms with Crippen molar-refractivity contribution in [3.63, 3.8) is 0 Å². The Morgan fingerprint density at radius 3 is 1.75 bits per heavy atom. The minimum absolute atomic E-state index is 0.380. The zero-order valence-corrected chi connectivity index (χ0v) is 5.80. The van der Waals surface area contributed by atoms with E-state index in [0.29, 0.717) is 4.86 Å². The third kappa shape index (κ3) is 1.91. The van der Waals surface area contributed by atoms with Crippen molar-refractivity contribution in [2.75, 3.05) is 7.05 Å². The van der Waals surface area contributed by atoms with Gasteiger partial charge < -0.3 is 5.21 Å². The molecule has 0 saturated carbocycles. The number of rotatable bonds is 0. The van der Waals surface area contributed by atoms with Crippen LogP contribution in [0, 0.1) is 5.21 Å². The van der Waals surface area contributed by atoms with Crippen LogP contribution in [-0.4, -0.2) is 17.4 Å². The minimum Gasteiger partial charge on any atom is -0.600 e. The summed E-state index contributed by atoms with van der Waals surface area (Å²) in [6, 6.07) is 0. The molecule has 0 aliphatic rings. The zero-order chi connectivity index (χ0) is 6.78. The Morgan fingerprint density at radius 1 is 1.38 bits per heavy atom. The van der Waals surface area contributed by atoms with Gasteiger partial charge >= 0.3 is 0 Å². The van der Waals surface area contributed by atoms with E-state index in [2.05, 4.69) is 5.11 Å². The summed E-state index contributed by atoms with van der Waals surface area (Å²) in [5.41, 5.74) is -0.380.